The second kappa shape index (κ2) is 5.41. The zero-order chi connectivity index (χ0) is 13.1. The van der Waals surface area contributed by atoms with Gasteiger partial charge >= 0.3 is 0 Å². The van der Waals surface area contributed by atoms with Gasteiger partial charge in [0.1, 0.15) is 4.99 Å². The molecule has 4 nitrogen and oxygen atoms in total. The lowest BCUT2D eigenvalue weighted by Gasteiger charge is -2.13. The first-order valence-corrected chi connectivity index (χ1v) is 6.76. The first kappa shape index (κ1) is 12.9. The van der Waals surface area contributed by atoms with E-state index in [1.807, 2.05) is 31.6 Å². The van der Waals surface area contributed by atoms with E-state index in [0.29, 0.717) is 11.5 Å². The van der Waals surface area contributed by atoms with Crippen molar-refractivity contribution in [2.24, 2.45) is 5.73 Å². The maximum absolute atomic E-state index is 5.76. The van der Waals surface area contributed by atoms with Crippen molar-refractivity contribution in [3.05, 3.63) is 39.6 Å². The van der Waals surface area contributed by atoms with Crippen LogP contribution < -0.4 is 11.1 Å². The number of pyridine rings is 1. The van der Waals surface area contributed by atoms with Gasteiger partial charge in [-0.05, 0) is 19.9 Å². The van der Waals surface area contributed by atoms with Crippen molar-refractivity contribution < 1.29 is 0 Å². The standard InChI is InChI=1S/C12H14N4S2/c1-7-3-10(11(12(13)17)8(2)16-7)15-5-9-4-14-6-18-9/h3-4,6H,5H2,1-2H3,(H2,13,17)(H,15,16). The summed E-state index contributed by atoms with van der Waals surface area (Å²) in [4.78, 5) is 9.96. The van der Waals surface area contributed by atoms with Crippen LogP contribution in [0.15, 0.2) is 17.8 Å². The van der Waals surface area contributed by atoms with E-state index in [1.165, 1.54) is 0 Å². The maximum Gasteiger partial charge on any atom is 0.107 e. The third-order valence-corrected chi connectivity index (χ3v) is 3.50. The minimum Gasteiger partial charge on any atom is -0.389 e. The van der Waals surface area contributed by atoms with Crippen LogP contribution in [0.3, 0.4) is 0 Å². The number of thiazole rings is 1. The van der Waals surface area contributed by atoms with E-state index in [-0.39, 0.29) is 0 Å². The molecule has 0 amide bonds. The van der Waals surface area contributed by atoms with Crippen LogP contribution in [0, 0.1) is 13.8 Å². The summed E-state index contributed by atoms with van der Waals surface area (Å²) in [5.74, 6) is 0. The molecule has 0 atom stereocenters. The molecule has 2 heterocycles. The molecule has 0 unspecified atom stereocenters. The van der Waals surface area contributed by atoms with Crippen LogP contribution in [0.5, 0.6) is 0 Å². The SMILES string of the molecule is Cc1cc(NCc2cncs2)c(C(N)=S)c(C)n1. The van der Waals surface area contributed by atoms with E-state index in [1.54, 1.807) is 11.3 Å². The number of hydrogen-bond donors (Lipinski definition) is 2. The van der Waals surface area contributed by atoms with Crippen LogP contribution in [0.25, 0.3) is 0 Å². The molecule has 0 aromatic carbocycles. The van der Waals surface area contributed by atoms with Gasteiger partial charge in [0.25, 0.3) is 0 Å². The summed E-state index contributed by atoms with van der Waals surface area (Å²) < 4.78 is 0. The molecule has 18 heavy (non-hydrogen) atoms. The molecular weight excluding hydrogens is 264 g/mol. The molecule has 0 bridgehead atoms. The second-order valence-electron chi connectivity index (χ2n) is 3.96. The van der Waals surface area contributed by atoms with Crippen molar-refractivity contribution in [2.45, 2.75) is 20.4 Å². The number of thiocarbonyl (C=S) groups is 1. The van der Waals surface area contributed by atoms with E-state index in [2.05, 4.69) is 15.3 Å². The first-order chi connectivity index (χ1) is 8.58. The second-order valence-corrected chi connectivity index (χ2v) is 5.37. The molecule has 0 aliphatic heterocycles. The summed E-state index contributed by atoms with van der Waals surface area (Å²) in [5, 5.41) is 3.34. The van der Waals surface area contributed by atoms with Gasteiger partial charge < -0.3 is 11.1 Å². The molecule has 0 saturated carbocycles. The number of aryl methyl sites for hydroxylation is 2. The number of hydrogen-bond acceptors (Lipinski definition) is 5. The van der Waals surface area contributed by atoms with Gasteiger partial charge in [0, 0.05) is 28.1 Å². The van der Waals surface area contributed by atoms with Gasteiger partial charge in [-0.15, -0.1) is 11.3 Å². The van der Waals surface area contributed by atoms with E-state index < -0.39 is 0 Å². The Morgan fingerprint density at radius 2 is 2.28 bits per heavy atom. The summed E-state index contributed by atoms with van der Waals surface area (Å²) >= 11 is 6.69. The average molecular weight is 278 g/mol. The zero-order valence-electron chi connectivity index (χ0n) is 10.2. The Morgan fingerprint density at radius 1 is 1.50 bits per heavy atom. The zero-order valence-corrected chi connectivity index (χ0v) is 11.9. The predicted octanol–water partition coefficient (Wildman–Crippen LogP) is 2.40. The van der Waals surface area contributed by atoms with Crippen molar-refractivity contribution in [2.75, 3.05) is 5.32 Å². The molecule has 0 aliphatic carbocycles. The maximum atomic E-state index is 5.76. The number of aromatic nitrogens is 2. The van der Waals surface area contributed by atoms with E-state index in [4.69, 9.17) is 18.0 Å². The Kier molecular flexibility index (Phi) is 3.88. The quantitative estimate of drug-likeness (QED) is 0.841. The lowest BCUT2D eigenvalue weighted by molar-refractivity contribution is 1.09. The smallest absolute Gasteiger partial charge is 0.107 e. The summed E-state index contributed by atoms with van der Waals surface area (Å²) in [7, 11) is 0. The number of nitrogens with zero attached hydrogens (tertiary/aromatic N) is 2. The van der Waals surface area contributed by atoms with Gasteiger partial charge in [0.2, 0.25) is 0 Å². The Labute approximate surface area is 115 Å². The topological polar surface area (TPSA) is 63.8 Å². The van der Waals surface area contributed by atoms with Gasteiger partial charge in [-0.3, -0.25) is 9.97 Å². The third kappa shape index (κ3) is 2.83. The molecule has 6 heteroatoms. The summed E-state index contributed by atoms with van der Waals surface area (Å²) in [5.41, 5.74) is 11.1. The van der Waals surface area contributed by atoms with Crippen LogP contribution in [0.2, 0.25) is 0 Å². The summed E-state index contributed by atoms with van der Waals surface area (Å²) in [6, 6.07) is 1.96. The average Bonchev–Trinajstić information content (AvgIpc) is 2.77. The minimum absolute atomic E-state index is 0.367. The van der Waals surface area contributed by atoms with Gasteiger partial charge in [-0.2, -0.15) is 0 Å². The highest BCUT2D eigenvalue weighted by atomic mass is 32.1. The lowest BCUT2D eigenvalue weighted by atomic mass is 10.1. The molecule has 2 aromatic rings. The third-order valence-electron chi connectivity index (χ3n) is 2.51. The molecule has 2 aromatic heterocycles. The van der Waals surface area contributed by atoms with Crippen LogP contribution in [-0.4, -0.2) is 15.0 Å². The Balaban J connectivity index is 2.28. The van der Waals surface area contributed by atoms with Crippen LogP contribution >= 0.6 is 23.6 Å². The molecule has 0 aliphatic rings. The number of anilines is 1. The Bertz CT molecular complexity index is 564. The van der Waals surface area contributed by atoms with E-state index in [0.717, 1.165) is 27.5 Å². The predicted molar refractivity (Wildman–Crippen MR) is 79.0 cm³/mol. The molecule has 0 saturated heterocycles. The molecule has 0 radical (unpaired) electrons. The molecule has 2 rings (SSSR count). The molecule has 3 N–H and O–H groups in total. The van der Waals surface area contributed by atoms with Crippen LogP contribution in [0.1, 0.15) is 21.8 Å². The van der Waals surface area contributed by atoms with Crippen molar-refractivity contribution in [3.63, 3.8) is 0 Å². The highest BCUT2D eigenvalue weighted by molar-refractivity contribution is 7.80. The van der Waals surface area contributed by atoms with Crippen molar-refractivity contribution in [1.82, 2.24) is 9.97 Å². The minimum atomic E-state index is 0.367. The Hall–Kier alpha value is -1.53. The number of nitrogens with two attached hydrogens (primary N) is 1. The normalized spacial score (nSPS) is 10.3. The van der Waals surface area contributed by atoms with Crippen LogP contribution in [-0.2, 0) is 6.54 Å². The summed E-state index contributed by atoms with van der Waals surface area (Å²) in [6.45, 7) is 4.58. The van der Waals surface area contributed by atoms with E-state index >= 15 is 0 Å². The van der Waals surface area contributed by atoms with Gasteiger partial charge in [-0.1, -0.05) is 12.2 Å². The van der Waals surface area contributed by atoms with Gasteiger partial charge in [0.15, 0.2) is 0 Å². The number of rotatable bonds is 4. The molecule has 0 fully saturated rings. The van der Waals surface area contributed by atoms with Crippen LogP contribution in [0.4, 0.5) is 5.69 Å². The van der Waals surface area contributed by atoms with E-state index in [9.17, 15) is 0 Å². The fraction of sp³-hybridized carbons (Fsp3) is 0.250. The lowest BCUT2D eigenvalue weighted by Crippen LogP contribution is -2.16. The van der Waals surface area contributed by atoms with Gasteiger partial charge in [0.05, 0.1) is 17.6 Å². The highest BCUT2D eigenvalue weighted by Crippen LogP contribution is 2.21. The van der Waals surface area contributed by atoms with Crippen molar-refractivity contribution in [1.29, 1.82) is 0 Å². The fourth-order valence-electron chi connectivity index (χ4n) is 1.79. The molecule has 0 spiro atoms. The summed E-state index contributed by atoms with van der Waals surface area (Å²) in [6.07, 6.45) is 1.85. The largest absolute Gasteiger partial charge is 0.389 e. The molecule has 94 valence electrons. The first-order valence-electron chi connectivity index (χ1n) is 5.47. The fourth-order valence-corrected chi connectivity index (χ4v) is 2.58. The van der Waals surface area contributed by atoms with Crippen molar-refractivity contribution in [3.8, 4) is 0 Å². The Morgan fingerprint density at radius 3 is 2.89 bits per heavy atom. The molecular formula is C12H14N4S2. The monoisotopic (exact) mass is 278 g/mol. The number of nitrogens with one attached hydrogen (secondary N) is 1. The van der Waals surface area contributed by atoms with Crippen molar-refractivity contribution >= 4 is 34.2 Å². The van der Waals surface area contributed by atoms with Gasteiger partial charge in [-0.25, -0.2) is 0 Å². The highest BCUT2D eigenvalue weighted by Gasteiger charge is 2.11.